The Bertz CT molecular complexity index is 1090. The lowest BCUT2D eigenvalue weighted by Crippen LogP contribution is -2.11. The van der Waals surface area contributed by atoms with Crippen LogP contribution in [0.4, 0.5) is 5.69 Å². The number of halogens is 1. The molecule has 0 radical (unpaired) electrons. The zero-order chi connectivity index (χ0) is 18.8. The molecule has 5 nitrogen and oxygen atoms in total. The maximum absolute atomic E-state index is 12.3. The number of anilines is 1. The minimum Gasteiger partial charge on any atom is -0.321 e. The van der Waals surface area contributed by atoms with Gasteiger partial charge in [0.15, 0.2) is 0 Å². The van der Waals surface area contributed by atoms with Crippen molar-refractivity contribution in [1.29, 1.82) is 0 Å². The van der Waals surface area contributed by atoms with Gasteiger partial charge in [0, 0.05) is 27.8 Å². The lowest BCUT2D eigenvalue weighted by Gasteiger charge is -2.05. The molecular weight excluding hydrogens is 412 g/mol. The van der Waals surface area contributed by atoms with Crippen molar-refractivity contribution < 1.29 is 4.79 Å². The molecule has 0 aliphatic carbocycles. The number of aromatic nitrogens is 3. The second-order valence-electron chi connectivity index (χ2n) is 6.08. The summed E-state index contributed by atoms with van der Waals surface area (Å²) >= 11 is 2.86. The van der Waals surface area contributed by atoms with Crippen molar-refractivity contribution in [1.82, 2.24) is 14.6 Å². The van der Waals surface area contributed by atoms with Gasteiger partial charge in [-0.25, -0.2) is 0 Å². The van der Waals surface area contributed by atoms with E-state index in [-0.39, 0.29) is 18.3 Å². The summed E-state index contributed by atoms with van der Waals surface area (Å²) in [6.07, 6.45) is 3.61. The highest BCUT2D eigenvalue weighted by atomic mass is 35.5. The molecule has 0 bridgehead atoms. The van der Waals surface area contributed by atoms with Gasteiger partial charge in [-0.05, 0) is 72.4 Å². The molecular formula is C20H17ClN4OS2. The molecule has 1 aromatic carbocycles. The zero-order valence-electron chi connectivity index (χ0n) is 15.2. The molecule has 142 valence electrons. The third-order valence-electron chi connectivity index (χ3n) is 4.15. The van der Waals surface area contributed by atoms with E-state index in [0.717, 1.165) is 22.8 Å². The monoisotopic (exact) mass is 428 g/mol. The van der Waals surface area contributed by atoms with Gasteiger partial charge in [0.05, 0.1) is 5.69 Å². The van der Waals surface area contributed by atoms with Crippen molar-refractivity contribution in [3.63, 3.8) is 0 Å². The minimum atomic E-state index is -0.178. The van der Waals surface area contributed by atoms with Crippen molar-refractivity contribution in [3.8, 4) is 20.9 Å². The van der Waals surface area contributed by atoms with Gasteiger partial charge >= 0.3 is 0 Å². The predicted octanol–water partition coefficient (Wildman–Crippen LogP) is 5.62. The fourth-order valence-corrected chi connectivity index (χ4v) is 4.49. The van der Waals surface area contributed by atoms with Gasteiger partial charge in [0.1, 0.15) is 4.88 Å². The number of hydrogen-bond donors (Lipinski definition) is 1. The standard InChI is InChI=1S/C20H16N4OS2.ClH/c1-12-11-17(14-7-9-21-10-8-14)26-18(12)15-3-5-16(6-4-15)22-20(25)19-13(2)23-24-27-19;/h3-11H,1-2H3,(H,22,25);1H. The Morgan fingerprint density at radius 2 is 1.71 bits per heavy atom. The number of aryl methyl sites for hydroxylation is 2. The number of nitrogens with one attached hydrogen (secondary N) is 1. The molecule has 0 atom stereocenters. The quantitative estimate of drug-likeness (QED) is 0.458. The van der Waals surface area contributed by atoms with E-state index in [1.54, 1.807) is 18.3 Å². The van der Waals surface area contributed by atoms with Gasteiger partial charge in [-0.1, -0.05) is 16.6 Å². The summed E-state index contributed by atoms with van der Waals surface area (Å²) in [6.45, 7) is 3.90. The Hall–Kier alpha value is -2.61. The number of rotatable bonds is 4. The molecule has 8 heteroatoms. The maximum atomic E-state index is 12.3. The molecule has 0 fully saturated rings. The van der Waals surface area contributed by atoms with Crippen LogP contribution in [0.25, 0.3) is 20.9 Å². The highest BCUT2D eigenvalue weighted by Gasteiger charge is 2.14. The lowest BCUT2D eigenvalue weighted by molar-refractivity contribution is 0.103. The highest BCUT2D eigenvalue weighted by molar-refractivity contribution is 7.19. The fraction of sp³-hybridized carbons (Fsp3) is 0.100. The third-order valence-corrected chi connectivity index (χ3v) is 6.31. The van der Waals surface area contributed by atoms with Crippen LogP contribution < -0.4 is 5.32 Å². The fourth-order valence-electron chi connectivity index (χ4n) is 2.76. The van der Waals surface area contributed by atoms with Gasteiger partial charge in [0.2, 0.25) is 0 Å². The Labute approximate surface area is 177 Å². The van der Waals surface area contributed by atoms with E-state index in [1.807, 2.05) is 48.8 Å². The van der Waals surface area contributed by atoms with E-state index in [0.29, 0.717) is 10.6 Å². The summed E-state index contributed by atoms with van der Waals surface area (Å²) in [5.41, 5.74) is 4.93. The van der Waals surface area contributed by atoms with Crippen molar-refractivity contribution >= 4 is 46.9 Å². The molecule has 3 heterocycles. The van der Waals surface area contributed by atoms with Crippen LogP contribution in [0.5, 0.6) is 0 Å². The number of nitrogens with zero attached hydrogens (tertiary/aromatic N) is 3. The molecule has 0 spiro atoms. The topological polar surface area (TPSA) is 67.8 Å². The Kier molecular flexibility index (Phi) is 6.18. The average molecular weight is 429 g/mol. The van der Waals surface area contributed by atoms with E-state index in [4.69, 9.17) is 0 Å². The van der Waals surface area contributed by atoms with E-state index in [1.165, 1.54) is 20.9 Å². The van der Waals surface area contributed by atoms with Gasteiger partial charge in [-0.15, -0.1) is 28.8 Å². The summed E-state index contributed by atoms with van der Waals surface area (Å²) in [5, 5.41) is 6.77. The van der Waals surface area contributed by atoms with Gasteiger partial charge in [-0.3, -0.25) is 9.78 Å². The first-order valence-corrected chi connectivity index (χ1v) is 9.92. The molecule has 4 rings (SSSR count). The number of pyridine rings is 1. The normalized spacial score (nSPS) is 10.4. The maximum Gasteiger partial charge on any atom is 0.269 e. The second kappa shape index (κ2) is 8.60. The molecule has 0 saturated carbocycles. The molecule has 0 aliphatic heterocycles. The number of thiophene rings is 1. The van der Waals surface area contributed by atoms with E-state index in [2.05, 4.69) is 32.9 Å². The summed E-state index contributed by atoms with van der Waals surface area (Å²) < 4.78 is 3.80. The Balaban J connectivity index is 0.00000225. The molecule has 1 amide bonds. The van der Waals surface area contributed by atoms with Crippen LogP contribution in [0.2, 0.25) is 0 Å². The van der Waals surface area contributed by atoms with Crippen LogP contribution in [0.3, 0.4) is 0 Å². The first-order valence-electron chi connectivity index (χ1n) is 8.33. The minimum absolute atomic E-state index is 0. The van der Waals surface area contributed by atoms with Crippen molar-refractivity contribution in [3.05, 3.63) is 71.0 Å². The largest absolute Gasteiger partial charge is 0.321 e. The first-order chi connectivity index (χ1) is 13.1. The van der Waals surface area contributed by atoms with E-state index < -0.39 is 0 Å². The number of carbonyl (C=O) groups excluding carboxylic acids is 1. The summed E-state index contributed by atoms with van der Waals surface area (Å²) in [5.74, 6) is -0.178. The summed E-state index contributed by atoms with van der Waals surface area (Å²) in [7, 11) is 0. The number of carbonyl (C=O) groups is 1. The van der Waals surface area contributed by atoms with Crippen LogP contribution in [0.15, 0.2) is 54.9 Å². The molecule has 0 aliphatic rings. The first kappa shape index (κ1) is 20.1. The number of amides is 1. The SMILES string of the molecule is Cc1cc(-c2ccncc2)sc1-c1ccc(NC(=O)c2snnc2C)cc1.Cl. The van der Waals surface area contributed by atoms with E-state index in [9.17, 15) is 4.79 Å². The van der Waals surface area contributed by atoms with Crippen molar-refractivity contribution in [2.24, 2.45) is 0 Å². The average Bonchev–Trinajstić information content (AvgIpc) is 3.29. The third kappa shape index (κ3) is 4.11. The van der Waals surface area contributed by atoms with Gasteiger partial charge < -0.3 is 5.32 Å². The number of benzene rings is 1. The van der Waals surface area contributed by atoms with Crippen LogP contribution in [0, 0.1) is 13.8 Å². The molecule has 0 unspecified atom stereocenters. The Morgan fingerprint density at radius 3 is 2.36 bits per heavy atom. The molecule has 1 N–H and O–H groups in total. The zero-order valence-corrected chi connectivity index (χ0v) is 17.6. The van der Waals surface area contributed by atoms with Crippen molar-refractivity contribution in [2.45, 2.75) is 13.8 Å². The van der Waals surface area contributed by atoms with Crippen molar-refractivity contribution in [2.75, 3.05) is 5.32 Å². The lowest BCUT2D eigenvalue weighted by atomic mass is 10.1. The summed E-state index contributed by atoms with van der Waals surface area (Å²) in [6, 6.07) is 14.1. The highest BCUT2D eigenvalue weighted by Crippen LogP contribution is 2.38. The van der Waals surface area contributed by atoms with Crippen LogP contribution in [-0.4, -0.2) is 20.5 Å². The molecule has 0 saturated heterocycles. The van der Waals surface area contributed by atoms with Crippen LogP contribution in [0.1, 0.15) is 20.9 Å². The van der Waals surface area contributed by atoms with Gasteiger partial charge in [-0.2, -0.15) is 0 Å². The summed E-state index contributed by atoms with van der Waals surface area (Å²) in [4.78, 5) is 19.3. The van der Waals surface area contributed by atoms with Gasteiger partial charge in [0.25, 0.3) is 5.91 Å². The van der Waals surface area contributed by atoms with E-state index >= 15 is 0 Å². The second-order valence-corrected chi connectivity index (χ2v) is 7.88. The number of hydrogen-bond acceptors (Lipinski definition) is 6. The predicted molar refractivity (Wildman–Crippen MR) is 118 cm³/mol. The van der Waals surface area contributed by atoms with Crippen LogP contribution in [-0.2, 0) is 0 Å². The Morgan fingerprint density at radius 1 is 1.00 bits per heavy atom. The molecule has 4 aromatic rings. The van der Waals surface area contributed by atoms with Crippen LogP contribution >= 0.6 is 35.3 Å². The smallest absolute Gasteiger partial charge is 0.269 e. The molecule has 28 heavy (non-hydrogen) atoms. The molecule has 3 aromatic heterocycles.